The molecule has 1 aliphatic rings. The Labute approximate surface area is 120 Å². The lowest BCUT2D eigenvalue weighted by Gasteiger charge is -2.45. The summed E-state index contributed by atoms with van der Waals surface area (Å²) in [5.41, 5.74) is -0.145. The highest BCUT2D eigenvalue weighted by atomic mass is 16.5. The molecule has 1 aromatic carbocycles. The number of allylic oxidation sites excluding steroid dienone is 2. The lowest BCUT2D eigenvalue weighted by Crippen LogP contribution is -2.55. The Morgan fingerprint density at radius 2 is 1.75 bits per heavy atom. The van der Waals surface area contributed by atoms with Crippen LogP contribution in [-0.4, -0.2) is 29.0 Å². The molecule has 3 heteroatoms. The Hall–Kier alpha value is -1.58. The second-order valence-electron chi connectivity index (χ2n) is 6.16. The van der Waals surface area contributed by atoms with Crippen LogP contribution >= 0.6 is 0 Å². The second-order valence-corrected chi connectivity index (χ2v) is 6.16. The van der Waals surface area contributed by atoms with Crippen LogP contribution in [0.25, 0.3) is 5.57 Å². The van der Waals surface area contributed by atoms with Crippen LogP contribution in [-0.2, 0) is 4.74 Å². The molecular weight excluding hydrogens is 252 g/mol. The van der Waals surface area contributed by atoms with E-state index >= 15 is 0 Å². The van der Waals surface area contributed by atoms with Gasteiger partial charge in [-0.2, -0.15) is 0 Å². The molecular formula is C17H22O3. The first kappa shape index (κ1) is 14.8. The molecule has 0 saturated carbocycles. The van der Waals surface area contributed by atoms with E-state index in [1.165, 1.54) is 7.11 Å². The summed E-state index contributed by atoms with van der Waals surface area (Å²) in [6.07, 6.45) is 2.47. The highest BCUT2D eigenvalue weighted by molar-refractivity contribution is 5.77. The van der Waals surface area contributed by atoms with E-state index in [1.807, 2.05) is 51.1 Å². The molecule has 0 aliphatic heterocycles. The third-order valence-electron chi connectivity index (χ3n) is 3.90. The molecule has 2 unspecified atom stereocenters. The van der Waals surface area contributed by atoms with Crippen LogP contribution in [0.15, 0.2) is 48.2 Å². The van der Waals surface area contributed by atoms with E-state index in [-0.39, 0.29) is 0 Å². The van der Waals surface area contributed by atoms with Crippen LogP contribution in [0.3, 0.4) is 0 Å². The number of hydrogen-bond donors (Lipinski definition) is 2. The van der Waals surface area contributed by atoms with Crippen molar-refractivity contribution in [1.29, 1.82) is 0 Å². The predicted molar refractivity (Wildman–Crippen MR) is 79.9 cm³/mol. The highest BCUT2D eigenvalue weighted by Gasteiger charge is 2.51. The Morgan fingerprint density at radius 3 is 2.25 bits per heavy atom. The van der Waals surface area contributed by atoms with Gasteiger partial charge in [0, 0.05) is 5.41 Å². The minimum atomic E-state index is -1.43. The summed E-state index contributed by atoms with van der Waals surface area (Å²) in [7, 11) is 1.52. The lowest BCUT2D eigenvalue weighted by molar-refractivity contribution is -0.123. The van der Waals surface area contributed by atoms with Gasteiger partial charge in [0.05, 0.1) is 7.11 Å². The van der Waals surface area contributed by atoms with Crippen LogP contribution in [0.2, 0.25) is 0 Å². The fourth-order valence-electron chi connectivity index (χ4n) is 2.57. The molecule has 2 rings (SSSR count). The lowest BCUT2D eigenvalue weighted by atomic mass is 9.69. The maximum Gasteiger partial charge on any atom is 0.155 e. The van der Waals surface area contributed by atoms with Crippen molar-refractivity contribution in [1.82, 2.24) is 0 Å². The van der Waals surface area contributed by atoms with Crippen LogP contribution < -0.4 is 0 Å². The van der Waals surface area contributed by atoms with E-state index in [0.29, 0.717) is 5.76 Å². The topological polar surface area (TPSA) is 49.7 Å². The van der Waals surface area contributed by atoms with Gasteiger partial charge in [-0.15, -0.1) is 0 Å². The van der Waals surface area contributed by atoms with Crippen molar-refractivity contribution >= 4 is 5.57 Å². The molecule has 2 atom stereocenters. The van der Waals surface area contributed by atoms with Gasteiger partial charge >= 0.3 is 0 Å². The fraction of sp³-hybridized carbons (Fsp3) is 0.412. The van der Waals surface area contributed by atoms with Crippen LogP contribution in [0.4, 0.5) is 0 Å². The van der Waals surface area contributed by atoms with E-state index in [0.717, 1.165) is 11.1 Å². The summed E-state index contributed by atoms with van der Waals surface area (Å²) in [5.74, 6) is 0.388. The van der Waals surface area contributed by atoms with Gasteiger partial charge in [0.1, 0.15) is 11.9 Å². The first-order valence-corrected chi connectivity index (χ1v) is 6.74. The summed E-state index contributed by atoms with van der Waals surface area (Å²) >= 11 is 0. The number of methoxy groups -OCH3 is 1. The Morgan fingerprint density at radius 1 is 1.15 bits per heavy atom. The first-order valence-electron chi connectivity index (χ1n) is 6.74. The molecule has 1 aromatic rings. The quantitative estimate of drug-likeness (QED) is 0.872. The average Bonchev–Trinajstić information content (AvgIpc) is 2.41. The molecule has 0 aromatic heterocycles. The van der Waals surface area contributed by atoms with Crippen LogP contribution in [0, 0.1) is 5.41 Å². The van der Waals surface area contributed by atoms with Crippen LogP contribution in [0.1, 0.15) is 26.3 Å². The number of rotatable bonds is 2. The van der Waals surface area contributed by atoms with Crippen molar-refractivity contribution in [3.8, 4) is 0 Å². The van der Waals surface area contributed by atoms with E-state index in [1.54, 1.807) is 12.2 Å². The molecule has 0 fully saturated rings. The number of ether oxygens (including phenoxy) is 1. The summed E-state index contributed by atoms with van der Waals surface area (Å²) in [5, 5.41) is 21.4. The molecule has 0 amide bonds. The second kappa shape index (κ2) is 5.08. The largest absolute Gasteiger partial charge is 0.498 e. The van der Waals surface area contributed by atoms with Crippen molar-refractivity contribution in [3.63, 3.8) is 0 Å². The number of aliphatic hydroxyl groups is 2. The molecule has 0 spiro atoms. The van der Waals surface area contributed by atoms with Gasteiger partial charge in [-0.1, -0.05) is 51.1 Å². The molecule has 0 heterocycles. The van der Waals surface area contributed by atoms with Gasteiger partial charge in [-0.05, 0) is 23.3 Å². The van der Waals surface area contributed by atoms with Crippen molar-refractivity contribution in [3.05, 3.63) is 53.8 Å². The number of hydrogen-bond acceptors (Lipinski definition) is 3. The zero-order chi connectivity index (χ0) is 15.0. The van der Waals surface area contributed by atoms with Gasteiger partial charge in [-0.25, -0.2) is 0 Å². The molecule has 20 heavy (non-hydrogen) atoms. The normalized spacial score (nSPS) is 26.8. The van der Waals surface area contributed by atoms with Crippen molar-refractivity contribution < 1.29 is 14.9 Å². The zero-order valence-electron chi connectivity index (χ0n) is 12.4. The molecule has 108 valence electrons. The smallest absolute Gasteiger partial charge is 0.155 e. The third-order valence-corrected chi connectivity index (χ3v) is 3.90. The Bertz CT molecular complexity index is 537. The fourth-order valence-corrected chi connectivity index (χ4v) is 2.57. The van der Waals surface area contributed by atoms with Crippen molar-refractivity contribution in [2.24, 2.45) is 5.41 Å². The Kier molecular flexibility index (Phi) is 3.76. The molecule has 0 bridgehead atoms. The minimum Gasteiger partial charge on any atom is -0.498 e. The maximum absolute atomic E-state index is 10.9. The summed E-state index contributed by atoms with van der Waals surface area (Å²) in [4.78, 5) is 0. The Balaban J connectivity index is 2.50. The molecule has 0 saturated heterocycles. The zero-order valence-corrected chi connectivity index (χ0v) is 12.4. The van der Waals surface area contributed by atoms with Gasteiger partial charge in [-0.3, -0.25) is 0 Å². The summed E-state index contributed by atoms with van der Waals surface area (Å²) < 4.78 is 5.37. The van der Waals surface area contributed by atoms with Crippen molar-refractivity contribution in [2.45, 2.75) is 32.5 Å². The van der Waals surface area contributed by atoms with E-state index in [9.17, 15) is 10.2 Å². The third kappa shape index (κ3) is 2.28. The van der Waals surface area contributed by atoms with Gasteiger partial charge in [0.25, 0.3) is 0 Å². The minimum absolute atomic E-state index is 0.388. The van der Waals surface area contributed by atoms with Gasteiger partial charge < -0.3 is 14.9 Å². The first-order chi connectivity index (χ1) is 9.30. The monoisotopic (exact) mass is 274 g/mol. The van der Waals surface area contributed by atoms with Gasteiger partial charge in [0.15, 0.2) is 5.60 Å². The summed E-state index contributed by atoms with van der Waals surface area (Å²) in [6, 6.07) is 9.74. The maximum atomic E-state index is 10.9. The molecule has 2 N–H and O–H groups in total. The van der Waals surface area contributed by atoms with E-state index in [4.69, 9.17) is 4.74 Å². The number of benzene rings is 1. The molecule has 3 nitrogen and oxygen atoms in total. The van der Waals surface area contributed by atoms with E-state index < -0.39 is 17.1 Å². The predicted octanol–water partition coefficient (Wildman–Crippen LogP) is 2.75. The van der Waals surface area contributed by atoms with Gasteiger partial charge in [0.2, 0.25) is 0 Å². The van der Waals surface area contributed by atoms with Crippen LogP contribution in [0.5, 0.6) is 0 Å². The summed E-state index contributed by atoms with van der Waals surface area (Å²) in [6.45, 7) is 5.64. The van der Waals surface area contributed by atoms with E-state index in [2.05, 4.69) is 0 Å². The standard InChI is InChI=1S/C17H22O3/c1-16(2,3)17(19)14(18)10-13(11-15(17)20-4)12-8-6-5-7-9-12/h5-11,14,18-19H,1-4H3. The number of aliphatic hydroxyl groups excluding tert-OH is 1. The SMILES string of the molecule is COC1=CC(c2ccccc2)=CC(O)C1(O)C(C)(C)C. The molecule has 0 radical (unpaired) electrons. The highest BCUT2D eigenvalue weighted by Crippen LogP contribution is 2.44. The molecule has 1 aliphatic carbocycles. The average molecular weight is 274 g/mol. The van der Waals surface area contributed by atoms with Crippen molar-refractivity contribution in [2.75, 3.05) is 7.11 Å².